The first-order valence-corrected chi connectivity index (χ1v) is 10.3. The normalized spacial score (nSPS) is 15.3. The number of carbonyl (C=O) groups excluding carboxylic acids is 2. The second-order valence-corrected chi connectivity index (χ2v) is 8.15. The second-order valence-electron chi connectivity index (χ2n) is 7.23. The van der Waals surface area contributed by atoms with Crippen LogP contribution in [-0.4, -0.2) is 48.9 Å². The molecule has 6 heteroatoms. The van der Waals surface area contributed by atoms with Crippen molar-refractivity contribution in [2.75, 3.05) is 31.1 Å². The molecule has 1 heterocycles. The lowest BCUT2D eigenvalue weighted by Gasteiger charge is -2.38. The number of nitrogens with zero attached hydrogens (tertiary/aromatic N) is 2. The molecule has 1 N–H and O–H groups in total. The fourth-order valence-electron chi connectivity index (χ4n) is 3.46. The average molecular weight is 444 g/mol. The maximum atomic E-state index is 12.8. The number of aryl methyl sites for hydroxylation is 1. The van der Waals surface area contributed by atoms with Gasteiger partial charge in [-0.15, -0.1) is 0 Å². The summed E-state index contributed by atoms with van der Waals surface area (Å²) in [5, 5.41) is 2.81. The Morgan fingerprint density at radius 1 is 1.00 bits per heavy atom. The Morgan fingerprint density at radius 2 is 1.64 bits per heavy atom. The molecule has 0 aromatic heterocycles. The van der Waals surface area contributed by atoms with Gasteiger partial charge in [-0.1, -0.05) is 28.1 Å². The lowest BCUT2D eigenvalue weighted by atomic mass is 10.1. The number of carbonyl (C=O) groups is 2. The van der Waals surface area contributed by atoms with Crippen molar-refractivity contribution in [2.45, 2.75) is 26.8 Å². The van der Waals surface area contributed by atoms with Crippen molar-refractivity contribution in [3.8, 4) is 0 Å². The number of hydrogen-bond donors (Lipinski definition) is 1. The number of rotatable bonds is 4. The highest BCUT2D eigenvalue weighted by Gasteiger charge is 2.26. The molecule has 3 rings (SSSR count). The predicted molar refractivity (Wildman–Crippen MR) is 116 cm³/mol. The molecule has 0 aliphatic carbocycles. The van der Waals surface area contributed by atoms with Crippen LogP contribution in [0.2, 0.25) is 0 Å². The van der Waals surface area contributed by atoms with Crippen molar-refractivity contribution in [3.63, 3.8) is 0 Å². The number of amides is 2. The molecule has 0 radical (unpaired) electrons. The van der Waals surface area contributed by atoms with Crippen LogP contribution in [0.15, 0.2) is 46.9 Å². The number of halogens is 1. The predicted octanol–water partition coefficient (Wildman–Crippen LogP) is 3.53. The van der Waals surface area contributed by atoms with E-state index >= 15 is 0 Å². The second kappa shape index (κ2) is 8.78. The van der Waals surface area contributed by atoms with E-state index < -0.39 is 6.04 Å². The molecule has 28 heavy (non-hydrogen) atoms. The van der Waals surface area contributed by atoms with E-state index in [-0.39, 0.29) is 11.8 Å². The van der Waals surface area contributed by atoms with Crippen molar-refractivity contribution in [1.29, 1.82) is 0 Å². The molecule has 1 unspecified atom stereocenters. The molecule has 1 atom stereocenters. The molecular weight excluding hydrogens is 418 g/mol. The van der Waals surface area contributed by atoms with Gasteiger partial charge < -0.3 is 15.1 Å². The zero-order valence-corrected chi connectivity index (χ0v) is 18.1. The zero-order chi connectivity index (χ0) is 20.3. The maximum absolute atomic E-state index is 12.8. The SMILES string of the molecule is Cc1cccc(N2CCN(C(=O)C(C)NC(=O)c3ccc(Br)cc3)CC2)c1C. The van der Waals surface area contributed by atoms with E-state index in [4.69, 9.17) is 0 Å². The van der Waals surface area contributed by atoms with Gasteiger partial charge in [-0.05, 0) is 62.2 Å². The van der Waals surface area contributed by atoms with Crippen molar-refractivity contribution in [1.82, 2.24) is 10.2 Å². The van der Waals surface area contributed by atoms with Crippen molar-refractivity contribution < 1.29 is 9.59 Å². The van der Waals surface area contributed by atoms with Gasteiger partial charge in [0.05, 0.1) is 0 Å². The van der Waals surface area contributed by atoms with E-state index in [2.05, 4.69) is 58.2 Å². The number of hydrogen-bond acceptors (Lipinski definition) is 3. The van der Waals surface area contributed by atoms with Gasteiger partial charge in [0.1, 0.15) is 6.04 Å². The van der Waals surface area contributed by atoms with Gasteiger partial charge in [-0.3, -0.25) is 9.59 Å². The molecule has 0 bridgehead atoms. The summed E-state index contributed by atoms with van der Waals surface area (Å²) in [6.07, 6.45) is 0. The summed E-state index contributed by atoms with van der Waals surface area (Å²) in [5.41, 5.74) is 4.35. The largest absolute Gasteiger partial charge is 0.368 e. The highest BCUT2D eigenvalue weighted by atomic mass is 79.9. The topological polar surface area (TPSA) is 52.6 Å². The highest BCUT2D eigenvalue weighted by molar-refractivity contribution is 9.10. The summed E-state index contributed by atoms with van der Waals surface area (Å²) < 4.78 is 0.912. The molecule has 2 aromatic carbocycles. The summed E-state index contributed by atoms with van der Waals surface area (Å²) >= 11 is 3.35. The molecule has 1 aliphatic heterocycles. The lowest BCUT2D eigenvalue weighted by molar-refractivity contribution is -0.133. The van der Waals surface area contributed by atoms with Gasteiger partial charge in [0.15, 0.2) is 0 Å². The summed E-state index contributed by atoms with van der Waals surface area (Å²) in [5.74, 6) is -0.270. The first-order chi connectivity index (χ1) is 13.4. The van der Waals surface area contributed by atoms with Crippen molar-refractivity contribution >= 4 is 33.4 Å². The van der Waals surface area contributed by atoms with Gasteiger partial charge in [-0.2, -0.15) is 0 Å². The fraction of sp³-hybridized carbons (Fsp3) is 0.364. The summed E-state index contributed by atoms with van der Waals surface area (Å²) in [4.78, 5) is 29.3. The Hall–Kier alpha value is -2.34. The van der Waals surface area contributed by atoms with E-state index in [1.165, 1.54) is 16.8 Å². The van der Waals surface area contributed by atoms with Gasteiger partial charge in [0, 0.05) is 41.9 Å². The van der Waals surface area contributed by atoms with E-state index in [1.54, 1.807) is 19.1 Å². The van der Waals surface area contributed by atoms with E-state index in [0.29, 0.717) is 18.7 Å². The quantitative estimate of drug-likeness (QED) is 0.785. The third kappa shape index (κ3) is 4.55. The van der Waals surface area contributed by atoms with Crippen molar-refractivity contribution in [3.05, 3.63) is 63.6 Å². The molecule has 0 spiro atoms. The molecule has 148 valence electrons. The van der Waals surface area contributed by atoms with Crippen LogP contribution >= 0.6 is 15.9 Å². The number of piperazine rings is 1. The summed E-state index contributed by atoms with van der Waals surface area (Å²) in [6, 6.07) is 12.9. The molecule has 5 nitrogen and oxygen atoms in total. The minimum absolute atomic E-state index is 0.0360. The first kappa shape index (κ1) is 20.4. The van der Waals surface area contributed by atoms with Crippen LogP contribution in [0.25, 0.3) is 0 Å². The smallest absolute Gasteiger partial charge is 0.251 e. The van der Waals surface area contributed by atoms with Gasteiger partial charge in [-0.25, -0.2) is 0 Å². The van der Waals surface area contributed by atoms with Crippen molar-refractivity contribution in [2.24, 2.45) is 0 Å². The van der Waals surface area contributed by atoms with Crippen LogP contribution in [0.5, 0.6) is 0 Å². The zero-order valence-electron chi connectivity index (χ0n) is 16.5. The number of benzene rings is 2. The fourth-order valence-corrected chi connectivity index (χ4v) is 3.73. The summed E-state index contributed by atoms with van der Waals surface area (Å²) in [6.45, 7) is 8.91. The Labute approximate surface area is 174 Å². The number of anilines is 1. The molecule has 1 fully saturated rings. The van der Waals surface area contributed by atoms with Crippen LogP contribution in [0.4, 0.5) is 5.69 Å². The Morgan fingerprint density at radius 3 is 2.29 bits per heavy atom. The van der Waals surface area contributed by atoms with Gasteiger partial charge in [0.2, 0.25) is 5.91 Å². The van der Waals surface area contributed by atoms with Crippen LogP contribution < -0.4 is 10.2 Å². The van der Waals surface area contributed by atoms with E-state index in [9.17, 15) is 9.59 Å². The molecule has 0 saturated carbocycles. The maximum Gasteiger partial charge on any atom is 0.251 e. The van der Waals surface area contributed by atoms with Gasteiger partial charge in [0.25, 0.3) is 5.91 Å². The molecule has 2 amide bonds. The van der Waals surface area contributed by atoms with E-state index in [1.807, 2.05) is 17.0 Å². The molecule has 2 aromatic rings. The lowest BCUT2D eigenvalue weighted by Crippen LogP contribution is -2.54. The Bertz CT molecular complexity index is 859. The molecule has 1 saturated heterocycles. The van der Waals surface area contributed by atoms with Crippen LogP contribution in [-0.2, 0) is 4.79 Å². The van der Waals surface area contributed by atoms with E-state index in [0.717, 1.165) is 17.6 Å². The van der Waals surface area contributed by atoms with Gasteiger partial charge >= 0.3 is 0 Å². The number of nitrogens with one attached hydrogen (secondary N) is 1. The minimum Gasteiger partial charge on any atom is -0.368 e. The minimum atomic E-state index is -0.552. The first-order valence-electron chi connectivity index (χ1n) is 9.53. The molecule has 1 aliphatic rings. The third-order valence-corrected chi connectivity index (χ3v) is 5.86. The monoisotopic (exact) mass is 443 g/mol. The average Bonchev–Trinajstić information content (AvgIpc) is 2.70. The Balaban J connectivity index is 1.56. The van der Waals surface area contributed by atoms with Crippen LogP contribution in [0, 0.1) is 13.8 Å². The van der Waals surface area contributed by atoms with Crippen LogP contribution in [0.1, 0.15) is 28.4 Å². The molecular formula is C22H26BrN3O2. The third-order valence-electron chi connectivity index (χ3n) is 5.33. The summed E-state index contributed by atoms with van der Waals surface area (Å²) in [7, 11) is 0. The highest BCUT2D eigenvalue weighted by Crippen LogP contribution is 2.24. The van der Waals surface area contributed by atoms with Crippen LogP contribution in [0.3, 0.4) is 0 Å². The standard InChI is InChI=1S/C22H26BrN3O2/c1-15-5-4-6-20(16(15)2)25-11-13-26(14-12-25)22(28)17(3)24-21(27)18-7-9-19(23)10-8-18/h4-10,17H,11-14H2,1-3H3,(H,24,27). The Kier molecular flexibility index (Phi) is 6.39.